The van der Waals surface area contributed by atoms with Crippen molar-refractivity contribution in [1.29, 1.82) is 0 Å². The lowest BCUT2D eigenvalue weighted by atomic mass is 10.2. The Morgan fingerprint density at radius 3 is 2.76 bits per heavy atom. The molecule has 0 aliphatic carbocycles. The van der Waals surface area contributed by atoms with E-state index in [1.54, 1.807) is 20.2 Å². The van der Waals surface area contributed by atoms with Gasteiger partial charge in [0, 0.05) is 18.6 Å². The highest BCUT2D eigenvalue weighted by molar-refractivity contribution is 7.09. The molecule has 0 saturated carbocycles. The van der Waals surface area contributed by atoms with Gasteiger partial charge in [0.25, 0.3) is 0 Å². The molecule has 9 heteroatoms. The van der Waals surface area contributed by atoms with Crippen molar-refractivity contribution in [3.05, 3.63) is 32.4 Å². The number of thiazole rings is 1. The molecule has 0 saturated heterocycles. The molecule has 2 aromatic heterocycles. The summed E-state index contributed by atoms with van der Waals surface area (Å²) in [5.74, 6) is 0.550. The van der Waals surface area contributed by atoms with E-state index in [0.29, 0.717) is 11.6 Å². The number of aryl methyl sites for hydroxylation is 1. The first-order valence-electron chi connectivity index (χ1n) is 6.43. The molecule has 0 amide bonds. The summed E-state index contributed by atoms with van der Waals surface area (Å²) >= 11 is 1.50. The molecular weight excluding hydrogens is 292 g/mol. The summed E-state index contributed by atoms with van der Waals surface area (Å²) in [5.41, 5.74) is 0.208. The maximum Gasteiger partial charge on any atom is 0.332 e. The van der Waals surface area contributed by atoms with Crippen molar-refractivity contribution in [2.24, 2.45) is 0 Å². The molecule has 2 aromatic rings. The summed E-state index contributed by atoms with van der Waals surface area (Å²) in [7, 11) is 1.67. The minimum Gasteiger partial charge on any atom is -0.357 e. The Bertz CT molecular complexity index is 631. The Morgan fingerprint density at radius 1 is 1.48 bits per heavy atom. The van der Waals surface area contributed by atoms with Crippen LogP contribution in [-0.2, 0) is 0 Å². The predicted molar refractivity (Wildman–Crippen MR) is 81.7 cm³/mol. The number of hydrogen-bond donors (Lipinski definition) is 2. The highest BCUT2D eigenvalue weighted by Crippen LogP contribution is 2.31. The Labute approximate surface area is 125 Å². The SMILES string of the molecule is CCC(Nc1nc(NC)nc(C)c1[N+](=O)[O-])c1nccs1. The number of nitrogens with one attached hydrogen (secondary N) is 2. The van der Waals surface area contributed by atoms with Crippen molar-refractivity contribution >= 4 is 28.8 Å². The lowest BCUT2D eigenvalue weighted by Crippen LogP contribution is -2.14. The molecule has 1 atom stereocenters. The standard InChI is InChI=1S/C12H16N6O2S/c1-4-8(11-14-5-6-21-11)16-10-9(18(19)20)7(2)15-12(13-3)17-10/h5-6,8H,4H2,1-3H3,(H2,13,15,16,17). The third-order valence-corrected chi connectivity index (χ3v) is 3.82. The predicted octanol–water partition coefficient (Wildman–Crippen LogP) is 2.75. The second-order valence-corrected chi connectivity index (χ2v) is 5.24. The van der Waals surface area contributed by atoms with Gasteiger partial charge >= 0.3 is 5.69 Å². The van der Waals surface area contributed by atoms with Gasteiger partial charge in [0.05, 0.1) is 11.0 Å². The normalized spacial score (nSPS) is 12.0. The van der Waals surface area contributed by atoms with Crippen LogP contribution in [0.1, 0.15) is 30.1 Å². The summed E-state index contributed by atoms with van der Waals surface area (Å²) in [6, 6.07) is -0.122. The molecule has 0 aromatic carbocycles. The first-order chi connectivity index (χ1) is 10.1. The van der Waals surface area contributed by atoms with Gasteiger partial charge in [-0.15, -0.1) is 11.3 Å². The Balaban J connectivity index is 2.41. The van der Waals surface area contributed by atoms with Crippen molar-refractivity contribution in [2.45, 2.75) is 26.3 Å². The molecule has 0 aliphatic rings. The van der Waals surface area contributed by atoms with E-state index in [-0.39, 0.29) is 17.5 Å². The van der Waals surface area contributed by atoms with E-state index in [1.807, 2.05) is 12.3 Å². The Kier molecular flexibility index (Phi) is 4.63. The van der Waals surface area contributed by atoms with Gasteiger partial charge in [-0.2, -0.15) is 4.98 Å². The van der Waals surface area contributed by atoms with Crippen LogP contribution >= 0.6 is 11.3 Å². The summed E-state index contributed by atoms with van der Waals surface area (Å²) in [6.45, 7) is 3.58. The van der Waals surface area contributed by atoms with E-state index in [4.69, 9.17) is 0 Å². The fourth-order valence-electron chi connectivity index (χ4n) is 1.91. The Morgan fingerprint density at radius 2 is 2.24 bits per heavy atom. The summed E-state index contributed by atoms with van der Waals surface area (Å²) in [5, 5.41) is 19.9. The van der Waals surface area contributed by atoms with Crippen molar-refractivity contribution in [1.82, 2.24) is 15.0 Å². The van der Waals surface area contributed by atoms with Crippen LogP contribution in [0.25, 0.3) is 0 Å². The van der Waals surface area contributed by atoms with Crippen molar-refractivity contribution in [2.75, 3.05) is 17.7 Å². The molecule has 1 unspecified atom stereocenters. The van der Waals surface area contributed by atoms with E-state index < -0.39 is 4.92 Å². The van der Waals surface area contributed by atoms with E-state index >= 15 is 0 Å². The van der Waals surface area contributed by atoms with E-state index in [2.05, 4.69) is 25.6 Å². The van der Waals surface area contributed by atoms with Gasteiger partial charge in [0.2, 0.25) is 11.8 Å². The maximum atomic E-state index is 11.3. The minimum absolute atomic E-state index is 0.107. The van der Waals surface area contributed by atoms with Gasteiger partial charge in [-0.05, 0) is 13.3 Å². The highest BCUT2D eigenvalue weighted by atomic mass is 32.1. The van der Waals surface area contributed by atoms with E-state index in [9.17, 15) is 10.1 Å². The smallest absolute Gasteiger partial charge is 0.332 e. The lowest BCUT2D eigenvalue weighted by molar-refractivity contribution is -0.385. The fourth-order valence-corrected chi connectivity index (χ4v) is 2.68. The molecule has 0 radical (unpaired) electrons. The monoisotopic (exact) mass is 308 g/mol. The first-order valence-corrected chi connectivity index (χ1v) is 7.31. The highest BCUT2D eigenvalue weighted by Gasteiger charge is 2.24. The van der Waals surface area contributed by atoms with Gasteiger partial charge in [-0.1, -0.05) is 6.92 Å². The molecule has 112 valence electrons. The number of nitrogens with zero attached hydrogens (tertiary/aromatic N) is 4. The number of anilines is 2. The average Bonchev–Trinajstić information content (AvgIpc) is 2.97. The first kappa shape index (κ1) is 15.1. The quantitative estimate of drug-likeness (QED) is 0.624. The average molecular weight is 308 g/mol. The van der Waals surface area contributed by atoms with Crippen LogP contribution in [0.15, 0.2) is 11.6 Å². The number of rotatable bonds is 6. The lowest BCUT2D eigenvalue weighted by Gasteiger charge is -2.16. The maximum absolute atomic E-state index is 11.3. The molecule has 8 nitrogen and oxygen atoms in total. The summed E-state index contributed by atoms with van der Waals surface area (Å²) in [6.07, 6.45) is 2.45. The van der Waals surface area contributed by atoms with Gasteiger partial charge in [-0.3, -0.25) is 10.1 Å². The molecule has 0 bridgehead atoms. The summed E-state index contributed by atoms with van der Waals surface area (Å²) in [4.78, 5) is 23.3. The van der Waals surface area contributed by atoms with Crippen molar-refractivity contribution in [3.8, 4) is 0 Å². The van der Waals surface area contributed by atoms with Crippen LogP contribution in [0.2, 0.25) is 0 Å². The van der Waals surface area contributed by atoms with Crippen molar-refractivity contribution in [3.63, 3.8) is 0 Å². The molecule has 2 N–H and O–H groups in total. The molecule has 0 spiro atoms. The third kappa shape index (κ3) is 3.24. The van der Waals surface area contributed by atoms with Crippen LogP contribution in [0.4, 0.5) is 17.5 Å². The van der Waals surface area contributed by atoms with Gasteiger partial charge in [-0.25, -0.2) is 9.97 Å². The number of nitro groups is 1. The molecular formula is C12H16N6O2S. The molecule has 21 heavy (non-hydrogen) atoms. The zero-order valence-corrected chi connectivity index (χ0v) is 12.8. The largest absolute Gasteiger partial charge is 0.357 e. The zero-order valence-electron chi connectivity index (χ0n) is 12.0. The zero-order chi connectivity index (χ0) is 15.4. The van der Waals surface area contributed by atoms with E-state index in [0.717, 1.165) is 11.4 Å². The van der Waals surface area contributed by atoms with Crippen LogP contribution in [0, 0.1) is 17.0 Å². The van der Waals surface area contributed by atoms with Gasteiger partial charge in [0.15, 0.2) is 0 Å². The molecule has 0 fully saturated rings. The Hall–Kier alpha value is -2.29. The van der Waals surface area contributed by atoms with Gasteiger partial charge in [0.1, 0.15) is 10.7 Å². The van der Waals surface area contributed by atoms with Gasteiger partial charge < -0.3 is 10.6 Å². The number of aromatic nitrogens is 3. The van der Waals surface area contributed by atoms with Crippen LogP contribution in [-0.4, -0.2) is 26.9 Å². The molecule has 0 aliphatic heterocycles. The second kappa shape index (κ2) is 6.44. The molecule has 2 rings (SSSR count). The fraction of sp³-hybridized carbons (Fsp3) is 0.417. The van der Waals surface area contributed by atoms with Crippen LogP contribution in [0.5, 0.6) is 0 Å². The van der Waals surface area contributed by atoms with E-state index in [1.165, 1.54) is 11.3 Å². The summed E-state index contributed by atoms with van der Waals surface area (Å²) < 4.78 is 0. The number of hydrogen-bond acceptors (Lipinski definition) is 8. The second-order valence-electron chi connectivity index (χ2n) is 4.31. The minimum atomic E-state index is -0.467. The van der Waals surface area contributed by atoms with Crippen LogP contribution < -0.4 is 10.6 Å². The molecule has 2 heterocycles. The van der Waals surface area contributed by atoms with Crippen molar-refractivity contribution < 1.29 is 4.92 Å². The van der Waals surface area contributed by atoms with Crippen LogP contribution in [0.3, 0.4) is 0 Å². The topological polar surface area (TPSA) is 106 Å². The third-order valence-electron chi connectivity index (χ3n) is 2.93.